The number of nitro benzene ring substituents is 1. The van der Waals surface area contributed by atoms with Gasteiger partial charge in [0.2, 0.25) is 0 Å². The minimum Gasteiger partial charge on any atom is -0.506 e. The number of nitro groups is 1. The number of aryl methyl sites for hydroxylation is 3. The summed E-state index contributed by atoms with van der Waals surface area (Å²) in [7, 11) is 6.45. The monoisotopic (exact) mass is 1230 g/mol. The Hall–Kier alpha value is -10.6. The second-order valence-electron chi connectivity index (χ2n) is 19.8. The molecule has 10 rings (SSSR count). The third kappa shape index (κ3) is 19.2. The quantitative estimate of drug-likeness (QED) is 0.0243. The van der Waals surface area contributed by atoms with Crippen molar-refractivity contribution < 1.29 is 38.6 Å². The largest absolute Gasteiger partial charge is 0.506 e. The third-order valence-electron chi connectivity index (χ3n) is 13.7. The highest BCUT2D eigenvalue weighted by Crippen LogP contribution is 2.34. The minimum absolute atomic E-state index is 0.0304. The molecule has 0 amide bonds. The van der Waals surface area contributed by atoms with Crippen molar-refractivity contribution in [2.45, 2.75) is 34.1 Å². The molecule has 0 spiro atoms. The first-order valence-corrected chi connectivity index (χ1v) is 28.6. The number of benzene rings is 9. The van der Waals surface area contributed by atoms with Crippen molar-refractivity contribution >= 4 is 87.0 Å². The van der Waals surface area contributed by atoms with Crippen LogP contribution in [0.15, 0.2) is 228 Å². The zero-order valence-corrected chi connectivity index (χ0v) is 51.8. The molecule has 0 aliphatic carbocycles. The molecule has 0 radical (unpaired) electrons. The number of carbonyl (C=O) groups is 2. The van der Waals surface area contributed by atoms with Crippen LogP contribution in [0.4, 0.5) is 34.1 Å². The van der Waals surface area contributed by atoms with Crippen molar-refractivity contribution in [3.05, 3.63) is 288 Å². The van der Waals surface area contributed by atoms with Gasteiger partial charge in [0.25, 0.3) is 5.69 Å². The number of ether oxygens (including phenoxy) is 4. The maximum atomic E-state index is 12.0. The van der Waals surface area contributed by atoms with Gasteiger partial charge in [-0.15, -0.1) is 0 Å². The van der Waals surface area contributed by atoms with E-state index in [0.29, 0.717) is 38.9 Å². The standard InChI is InChI=1S/C23H20N2O2.C17H16ClNO.C17H17NO3.C15H13ClN2O3/c1-26-22-11-8-16(12-23(22)27-2)15-24-19-10-9-18-13-20(25-21(18)14-19)17-6-4-3-5-7-17;1-12-6-8-14(9-7-12)17(20)10-11-19-16-5-3-4-15(18)13(16)2;1-20-14-9-7-13(8-10-14)16(19)11-12-18-15-5-3-4-6-17(15)21-2;1-9-5-13(15(19)6-10(9)2)17-8-11-3-4-12(16)14(7-11)18(20)21/h3-12,14-15H,13H2,1-2H3;3-11,19H,1-2H3;3-12,18H,1-2H3;3-8,19H,1-2H3. The van der Waals surface area contributed by atoms with Gasteiger partial charge in [0.05, 0.1) is 56.1 Å². The second kappa shape index (κ2) is 32.8. The van der Waals surface area contributed by atoms with Crippen LogP contribution >= 0.6 is 23.2 Å². The fourth-order valence-corrected chi connectivity index (χ4v) is 8.88. The van der Waals surface area contributed by atoms with E-state index < -0.39 is 4.92 Å². The number of ketones is 2. The van der Waals surface area contributed by atoms with Crippen LogP contribution in [0.5, 0.6) is 28.7 Å². The SMILES string of the molecule is COc1ccc(C(=O)C=CNc2ccccc2OC)cc1.COc1ccc(C=Nc2ccc3c(c2)N=C(c2ccccc2)C3)cc1OC.Cc1cc(O)c(N=Cc2ccc(Cl)c([N+](=O)[O-])c2)cc1C.Cc1ccc(C(=O)C=CNc2cccc(Cl)c2C)cc1. The van der Waals surface area contributed by atoms with Gasteiger partial charge in [-0.1, -0.05) is 114 Å². The van der Waals surface area contributed by atoms with Crippen LogP contribution in [0, 0.1) is 37.8 Å². The summed E-state index contributed by atoms with van der Waals surface area (Å²) in [6, 6.07) is 57.6. The van der Waals surface area contributed by atoms with E-state index in [9.17, 15) is 24.8 Å². The van der Waals surface area contributed by atoms with E-state index in [1.165, 1.54) is 41.6 Å². The molecule has 9 aromatic carbocycles. The van der Waals surface area contributed by atoms with Gasteiger partial charge < -0.3 is 34.7 Å². The predicted molar refractivity (Wildman–Crippen MR) is 360 cm³/mol. The van der Waals surface area contributed by atoms with Crippen molar-refractivity contribution in [1.29, 1.82) is 0 Å². The first kappa shape index (κ1) is 65.9. The highest BCUT2D eigenvalue weighted by Gasteiger charge is 2.17. The normalized spacial score (nSPS) is 11.3. The number of para-hydroxylation sites is 2. The fraction of sp³-hybridized carbons (Fsp3) is 0.125. The van der Waals surface area contributed by atoms with E-state index in [-0.39, 0.29) is 28.0 Å². The molecule has 15 nitrogen and oxygen atoms in total. The number of hydrogen-bond donors (Lipinski definition) is 3. The van der Waals surface area contributed by atoms with Crippen molar-refractivity contribution in [2.24, 2.45) is 15.0 Å². The van der Waals surface area contributed by atoms with Crippen molar-refractivity contribution in [3.63, 3.8) is 0 Å². The Morgan fingerprint density at radius 2 is 1.18 bits per heavy atom. The molecule has 89 heavy (non-hydrogen) atoms. The fourth-order valence-electron chi connectivity index (χ4n) is 8.52. The summed E-state index contributed by atoms with van der Waals surface area (Å²) in [5, 5.41) is 27.6. The maximum absolute atomic E-state index is 12.0. The lowest BCUT2D eigenvalue weighted by Gasteiger charge is -2.07. The van der Waals surface area contributed by atoms with Crippen LogP contribution in [0.25, 0.3) is 0 Å². The molecule has 0 atom stereocenters. The van der Waals surface area contributed by atoms with Gasteiger partial charge in [-0.25, -0.2) is 0 Å². The lowest BCUT2D eigenvalue weighted by Crippen LogP contribution is -1.99. The van der Waals surface area contributed by atoms with Crippen LogP contribution in [0.2, 0.25) is 10.0 Å². The molecule has 0 aromatic heterocycles. The van der Waals surface area contributed by atoms with Crippen molar-refractivity contribution in [3.8, 4) is 28.7 Å². The molecule has 9 aromatic rings. The topological polar surface area (TPSA) is 196 Å². The summed E-state index contributed by atoms with van der Waals surface area (Å²) in [5.74, 6) is 2.79. The number of fused-ring (bicyclic) bond motifs is 1. The molecule has 1 heterocycles. The number of halogens is 2. The van der Waals surface area contributed by atoms with E-state index >= 15 is 0 Å². The Bertz CT molecular complexity index is 4090. The number of nitrogens with one attached hydrogen (secondary N) is 2. The summed E-state index contributed by atoms with van der Waals surface area (Å²) >= 11 is 11.8. The molecule has 0 bridgehead atoms. The number of allylic oxidation sites excluding steroid dienone is 2. The third-order valence-corrected chi connectivity index (χ3v) is 14.4. The van der Waals surface area contributed by atoms with E-state index in [1.54, 1.807) is 83.3 Å². The number of nitrogens with zero attached hydrogens (tertiary/aromatic N) is 4. The van der Waals surface area contributed by atoms with Gasteiger partial charge in [-0.2, -0.15) is 0 Å². The number of hydrogen-bond acceptors (Lipinski definition) is 14. The number of methoxy groups -OCH3 is 4. The molecular formula is C72H66Cl2N6O9. The van der Waals surface area contributed by atoms with Crippen LogP contribution in [0.1, 0.15) is 65.2 Å². The average molecular weight is 1230 g/mol. The van der Waals surface area contributed by atoms with E-state index in [1.807, 2.05) is 149 Å². The van der Waals surface area contributed by atoms with Crippen molar-refractivity contribution in [2.75, 3.05) is 39.1 Å². The van der Waals surface area contributed by atoms with Gasteiger partial charge in [0.15, 0.2) is 23.1 Å². The smallest absolute Gasteiger partial charge is 0.288 e. The number of aromatic hydroxyl groups is 1. The minimum atomic E-state index is -0.548. The molecule has 1 aliphatic rings. The first-order chi connectivity index (χ1) is 43.0. The van der Waals surface area contributed by atoms with E-state index in [4.69, 9.17) is 47.1 Å². The van der Waals surface area contributed by atoms with Crippen LogP contribution in [-0.2, 0) is 6.42 Å². The number of anilines is 2. The molecule has 17 heteroatoms. The molecule has 1 aliphatic heterocycles. The number of rotatable bonds is 18. The Labute approximate surface area is 528 Å². The molecule has 0 fully saturated rings. The van der Waals surface area contributed by atoms with Crippen LogP contribution in [0.3, 0.4) is 0 Å². The van der Waals surface area contributed by atoms with Crippen LogP contribution < -0.4 is 29.6 Å². The Morgan fingerprint density at radius 3 is 1.84 bits per heavy atom. The summed E-state index contributed by atoms with van der Waals surface area (Å²) in [5.41, 5.74) is 14.1. The molecule has 452 valence electrons. The molecule has 0 saturated heterocycles. The molecule has 0 saturated carbocycles. The Morgan fingerprint density at radius 1 is 0.584 bits per heavy atom. The van der Waals surface area contributed by atoms with Gasteiger partial charge in [0, 0.05) is 71.3 Å². The van der Waals surface area contributed by atoms with Gasteiger partial charge in [-0.3, -0.25) is 34.7 Å². The number of phenols is 1. The highest BCUT2D eigenvalue weighted by molar-refractivity contribution is 6.32. The number of carbonyl (C=O) groups excluding carboxylic acids is 2. The average Bonchev–Trinajstić information content (AvgIpc) is 3.61. The van der Waals surface area contributed by atoms with Gasteiger partial charge in [-0.05, 0) is 164 Å². The summed E-state index contributed by atoms with van der Waals surface area (Å²) < 4.78 is 20.9. The summed E-state index contributed by atoms with van der Waals surface area (Å²) in [4.78, 5) is 47.8. The number of aliphatic imine (C=N–C) groups is 3. The van der Waals surface area contributed by atoms with E-state index in [2.05, 4.69) is 38.8 Å². The van der Waals surface area contributed by atoms with Crippen LogP contribution in [-0.4, -0.2) is 68.2 Å². The lowest BCUT2D eigenvalue weighted by atomic mass is 10.0. The Kier molecular flexibility index (Phi) is 24.3. The first-order valence-electron chi connectivity index (χ1n) is 27.8. The second-order valence-corrected chi connectivity index (χ2v) is 20.6. The zero-order valence-electron chi connectivity index (χ0n) is 50.3. The van der Waals surface area contributed by atoms with Crippen molar-refractivity contribution in [1.82, 2.24) is 0 Å². The maximum Gasteiger partial charge on any atom is 0.288 e. The summed E-state index contributed by atoms with van der Waals surface area (Å²) in [6.45, 7) is 7.74. The molecule has 3 N–H and O–H groups in total. The zero-order chi connectivity index (χ0) is 63.8. The van der Waals surface area contributed by atoms with E-state index in [0.717, 1.165) is 74.2 Å². The summed E-state index contributed by atoms with van der Waals surface area (Å²) in [6.07, 6.45) is 10.4. The Balaban J connectivity index is 0.000000170. The highest BCUT2D eigenvalue weighted by atomic mass is 35.5. The number of phenolic OH excluding ortho intramolecular Hbond substituents is 1. The lowest BCUT2D eigenvalue weighted by molar-refractivity contribution is -0.384. The molecular weight excluding hydrogens is 1160 g/mol. The van der Waals surface area contributed by atoms with Gasteiger partial charge in [0.1, 0.15) is 28.0 Å². The van der Waals surface area contributed by atoms with Gasteiger partial charge >= 0.3 is 0 Å². The molecule has 0 unspecified atom stereocenters. The predicted octanol–water partition coefficient (Wildman–Crippen LogP) is 17.7.